The largest absolute Gasteiger partial charge is 0.330 e. The number of nitrogens with one attached hydrogen (secondary N) is 1. The SMILES string of the molecule is CC(=O)Nc1nc(C(=O)N(Cc2cccc(F)c2)C2CC2)cs1. The fourth-order valence-electron chi connectivity index (χ4n) is 2.31. The van der Waals surface area contributed by atoms with Gasteiger partial charge >= 0.3 is 0 Å². The first-order valence-electron chi connectivity index (χ1n) is 7.31. The van der Waals surface area contributed by atoms with E-state index in [1.165, 1.54) is 30.4 Å². The van der Waals surface area contributed by atoms with E-state index in [-0.39, 0.29) is 23.7 Å². The highest BCUT2D eigenvalue weighted by atomic mass is 32.1. The second kappa shape index (κ2) is 6.45. The van der Waals surface area contributed by atoms with Crippen molar-refractivity contribution in [3.63, 3.8) is 0 Å². The number of carbonyl (C=O) groups is 2. The smallest absolute Gasteiger partial charge is 0.273 e. The number of aromatic nitrogens is 1. The van der Waals surface area contributed by atoms with Crippen molar-refractivity contribution in [2.24, 2.45) is 0 Å². The molecule has 5 nitrogen and oxygen atoms in total. The molecule has 0 aliphatic heterocycles. The van der Waals surface area contributed by atoms with Crippen molar-refractivity contribution < 1.29 is 14.0 Å². The van der Waals surface area contributed by atoms with Gasteiger partial charge in [0.25, 0.3) is 5.91 Å². The third kappa shape index (κ3) is 3.92. The lowest BCUT2D eigenvalue weighted by Crippen LogP contribution is -2.32. The second-order valence-electron chi connectivity index (χ2n) is 5.51. The quantitative estimate of drug-likeness (QED) is 0.915. The second-order valence-corrected chi connectivity index (χ2v) is 6.37. The van der Waals surface area contributed by atoms with Crippen molar-refractivity contribution in [3.05, 3.63) is 46.7 Å². The minimum atomic E-state index is -0.313. The molecule has 0 radical (unpaired) electrons. The highest BCUT2D eigenvalue weighted by molar-refractivity contribution is 7.14. The minimum Gasteiger partial charge on any atom is -0.330 e. The lowest BCUT2D eigenvalue weighted by Gasteiger charge is -2.21. The molecule has 120 valence electrons. The summed E-state index contributed by atoms with van der Waals surface area (Å²) in [7, 11) is 0. The fraction of sp³-hybridized carbons (Fsp3) is 0.312. The van der Waals surface area contributed by atoms with Crippen LogP contribution >= 0.6 is 11.3 Å². The normalized spacial score (nSPS) is 13.7. The minimum absolute atomic E-state index is 0.177. The average molecular weight is 333 g/mol. The van der Waals surface area contributed by atoms with Gasteiger partial charge in [-0.2, -0.15) is 0 Å². The van der Waals surface area contributed by atoms with Gasteiger partial charge in [-0.3, -0.25) is 9.59 Å². The van der Waals surface area contributed by atoms with E-state index in [0.717, 1.165) is 18.4 Å². The number of halogens is 1. The van der Waals surface area contributed by atoms with Crippen LogP contribution in [0.3, 0.4) is 0 Å². The van der Waals surface area contributed by atoms with Crippen LogP contribution in [0.15, 0.2) is 29.6 Å². The van der Waals surface area contributed by atoms with Crippen LogP contribution < -0.4 is 5.32 Å². The molecular weight excluding hydrogens is 317 g/mol. The number of benzene rings is 1. The molecule has 0 spiro atoms. The van der Waals surface area contributed by atoms with Crippen molar-refractivity contribution in [1.29, 1.82) is 0 Å². The van der Waals surface area contributed by atoms with E-state index in [9.17, 15) is 14.0 Å². The average Bonchev–Trinajstić information content (AvgIpc) is 3.23. The van der Waals surface area contributed by atoms with Gasteiger partial charge in [0.05, 0.1) is 0 Å². The molecule has 0 saturated heterocycles. The topological polar surface area (TPSA) is 62.3 Å². The summed E-state index contributed by atoms with van der Waals surface area (Å²) in [6.45, 7) is 1.75. The Labute approximate surface area is 137 Å². The van der Waals surface area contributed by atoms with E-state index in [0.29, 0.717) is 17.4 Å². The van der Waals surface area contributed by atoms with Gasteiger partial charge in [-0.15, -0.1) is 11.3 Å². The Morgan fingerprint density at radius 3 is 2.87 bits per heavy atom. The predicted molar refractivity (Wildman–Crippen MR) is 85.7 cm³/mol. The molecule has 1 saturated carbocycles. The van der Waals surface area contributed by atoms with Gasteiger partial charge in [-0.25, -0.2) is 9.37 Å². The van der Waals surface area contributed by atoms with Crippen LogP contribution in [0.2, 0.25) is 0 Å². The molecule has 0 bridgehead atoms. The van der Waals surface area contributed by atoms with E-state index < -0.39 is 0 Å². The summed E-state index contributed by atoms with van der Waals surface area (Å²) in [5, 5.41) is 4.61. The van der Waals surface area contributed by atoms with Crippen LogP contribution in [0.5, 0.6) is 0 Å². The molecule has 2 aromatic rings. The van der Waals surface area contributed by atoms with E-state index in [4.69, 9.17) is 0 Å². The Morgan fingerprint density at radius 2 is 2.22 bits per heavy atom. The molecule has 1 aliphatic carbocycles. The van der Waals surface area contributed by atoms with Crippen molar-refractivity contribution in [3.8, 4) is 0 Å². The van der Waals surface area contributed by atoms with Crippen LogP contribution in [0.25, 0.3) is 0 Å². The summed E-state index contributed by atoms with van der Waals surface area (Å²) in [5.74, 6) is -0.728. The first-order chi connectivity index (χ1) is 11.0. The van der Waals surface area contributed by atoms with E-state index in [1.54, 1.807) is 22.4 Å². The first kappa shape index (κ1) is 15.6. The van der Waals surface area contributed by atoms with E-state index >= 15 is 0 Å². The third-order valence-corrected chi connectivity index (χ3v) is 4.25. The highest BCUT2D eigenvalue weighted by Crippen LogP contribution is 2.30. The van der Waals surface area contributed by atoms with Gasteiger partial charge < -0.3 is 10.2 Å². The summed E-state index contributed by atoms with van der Waals surface area (Å²) in [5.41, 5.74) is 1.06. The van der Waals surface area contributed by atoms with Crippen LogP contribution in [-0.4, -0.2) is 27.7 Å². The molecule has 7 heteroatoms. The van der Waals surface area contributed by atoms with E-state index in [2.05, 4.69) is 10.3 Å². The lowest BCUT2D eigenvalue weighted by atomic mass is 10.2. The summed E-state index contributed by atoms with van der Waals surface area (Å²) < 4.78 is 13.3. The molecule has 3 rings (SSSR count). The van der Waals surface area contributed by atoms with Gasteiger partial charge in [-0.1, -0.05) is 12.1 Å². The summed E-state index contributed by atoms with van der Waals surface area (Å²) in [6.07, 6.45) is 1.90. The summed E-state index contributed by atoms with van der Waals surface area (Å²) in [4.78, 5) is 29.6. The molecule has 0 atom stereocenters. The zero-order valence-electron chi connectivity index (χ0n) is 12.6. The van der Waals surface area contributed by atoms with Crippen molar-refractivity contribution in [2.75, 3.05) is 5.32 Å². The van der Waals surface area contributed by atoms with E-state index in [1.807, 2.05) is 0 Å². The fourth-order valence-corrected chi connectivity index (χ4v) is 3.04. The zero-order valence-corrected chi connectivity index (χ0v) is 13.4. The van der Waals surface area contributed by atoms with Gasteiger partial charge in [-0.05, 0) is 30.5 Å². The summed E-state index contributed by atoms with van der Waals surface area (Å²) >= 11 is 1.21. The first-order valence-corrected chi connectivity index (χ1v) is 8.19. The number of thiazole rings is 1. The number of nitrogens with zero attached hydrogens (tertiary/aromatic N) is 2. The van der Waals surface area contributed by atoms with Crippen LogP contribution in [0.1, 0.15) is 35.8 Å². The molecule has 1 aromatic heterocycles. The van der Waals surface area contributed by atoms with Crippen molar-refractivity contribution >= 4 is 28.3 Å². The molecule has 2 amide bonds. The Bertz CT molecular complexity index is 742. The number of rotatable bonds is 5. The molecule has 1 N–H and O–H groups in total. The Kier molecular flexibility index (Phi) is 4.38. The highest BCUT2D eigenvalue weighted by Gasteiger charge is 2.34. The maximum Gasteiger partial charge on any atom is 0.273 e. The van der Waals surface area contributed by atoms with Gasteiger partial charge in [0.1, 0.15) is 11.5 Å². The number of amides is 2. The lowest BCUT2D eigenvalue weighted by molar-refractivity contribution is -0.114. The third-order valence-electron chi connectivity index (χ3n) is 3.50. The number of hydrogen-bond acceptors (Lipinski definition) is 4. The van der Waals surface area contributed by atoms with Gasteiger partial charge in [0.15, 0.2) is 5.13 Å². The van der Waals surface area contributed by atoms with Gasteiger partial charge in [0.2, 0.25) is 5.91 Å². The Balaban J connectivity index is 1.76. The number of hydrogen-bond donors (Lipinski definition) is 1. The monoisotopic (exact) mass is 333 g/mol. The molecular formula is C16H16FN3O2S. The standard InChI is InChI=1S/C16H16FN3O2S/c1-10(21)18-16-19-14(9-23-16)15(22)20(13-5-6-13)8-11-3-2-4-12(17)7-11/h2-4,7,9,13H,5-6,8H2,1H3,(H,18,19,21). The zero-order chi connectivity index (χ0) is 16.4. The van der Waals surface area contributed by atoms with Crippen LogP contribution in [0.4, 0.5) is 9.52 Å². The molecule has 1 fully saturated rings. The predicted octanol–water partition coefficient (Wildman–Crippen LogP) is 3.05. The van der Waals surface area contributed by atoms with Gasteiger partial charge in [0, 0.05) is 24.9 Å². The van der Waals surface area contributed by atoms with Crippen molar-refractivity contribution in [1.82, 2.24) is 9.88 Å². The molecule has 1 aliphatic rings. The molecule has 23 heavy (non-hydrogen) atoms. The maximum atomic E-state index is 13.3. The molecule has 0 unspecified atom stereocenters. The summed E-state index contributed by atoms with van der Waals surface area (Å²) in [6, 6.07) is 6.43. The Morgan fingerprint density at radius 1 is 1.43 bits per heavy atom. The van der Waals surface area contributed by atoms with Crippen LogP contribution in [0, 0.1) is 5.82 Å². The number of carbonyl (C=O) groups excluding carboxylic acids is 2. The van der Waals surface area contributed by atoms with Crippen LogP contribution in [-0.2, 0) is 11.3 Å². The molecule has 1 heterocycles. The Hall–Kier alpha value is -2.28. The number of anilines is 1. The maximum absolute atomic E-state index is 13.3. The molecule has 1 aromatic carbocycles. The van der Waals surface area contributed by atoms with Crippen molar-refractivity contribution in [2.45, 2.75) is 32.4 Å².